The van der Waals surface area contributed by atoms with Crippen molar-refractivity contribution in [3.05, 3.63) is 71.9 Å². The van der Waals surface area contributed by atoms with Crippen LogP contribution in [-0.4, -0.2) is 27.9 Å². The molecule has 28 heavy (non-hydrogen) atoms. The lowest BCUT2D eigenvalue weighted by molar-refractivity contribution is -0.141. The summed E-state index contributed by atoms with van der Waals surface area (Å²) in [5.41, 5.74) is 0.465. The van der Waals surface area contributed by atoms with Crippen LogP contribution in [0.2, 0.25) is 0 Å². The van der Waals surface area contributed by atoms with Gasteiger partial charge < -0.3 is 9.47 Å². The highest BCUT2D eigenvalue weighted by Gasteiger charge is 2.36. The van der Waals surface area contributed by atoms with Gasteiger partial charge in [0.05, 0.1) is 5.69 Å². The van der Waals surface area contributed by atoms with E-state index in [1.165, 1.54) is 11.9 Å². The highest BCUT2D eigenvalue weighted by atomic mass is 32.2. The van der Waals surface area contributed by atoms with Gasteiger partial charge in [-0.1, -0.05) is 36.4 Å². The van der Waals surface area contributed by atoms with Gasteiger partial charge in [0.1, 0.15) is 6.23 Å². The molecular weight excluding hydrogens is 391 g/mol. The number of ether oxygens (including phenoxy) is 2. The van der Waals surface area contributed by atoms with Crippen LogP contribution in [-0.2, 0) is 10.9 Å². The fourth-order valence-corrected chi connectivity index (χ4v) is 3.99. The van der Waals surface area contributed by atoms with Gasteiger partial charge in [-0.3, -0.25) is 0 Å². The van der Waals surface area contributed by atoms with Crippen molar-refractivity contribution >= 4 is 11.9 Å². The third-order valence-electron chi connectivity index (χ3n) is 4.19. The maximum absolute atomic E-state index is 13.2. The first-order chi connectivity index (χ1) is 13.5. The topological polar surface area (TPSA) is 39.5 Å². The molecule has 1 aromatic heterocycles. The standard InChI is InChI=1S/C19H16F3N3O2S/c1-26-18-14-9-5-6-10-15(14)28-24(18)12-27-17-11-16(19(20,21)22)23-25(17)13-7-3-2-4-8-13/h2-11,18H,12H2,1H3. The Kier molecular flexibility index (Phi) is 5.05. The van der Waals surface area contributed by atoms with Crippen molar-refractivity contribution in [3.8, 4) is 11.6 Å². The number of halogens is 3. The molecule has 0 N–H and O–H groups in total. The molecule has 0 fully saturated rings. The van der Waals surface area contributed by atoms with E-state index < -0.39 is 11.9 Å². The molecule has 0 saturated carbocycles. The van der Waals surface area contributed by atoms with E-state index in [0.29, 0.717) is 5.69 Å². The zero-order valence-corrected chi connectivity index (χ0v) is 15.6. The third kappa shape index (κ3) is 3.60. The van der Waals surface area contributed by atoms with Gasteiger partial charge in [-0.05, 0) is 30.1 Å². The average Bonchev–Trinajstić information content (AvgIpc) is 3.28. The number of fused-ring (bicyclic) bond motifs is 1. The number of hydrogen-bond donors (Lipinski definition) is 0. The molecule has 0 aliphatic carbocycles. The first-order valence-corrected chi connectivity index (χ1v) is 9.16. The van der Waals surface area contributed by atoms with Crippen molar-refractivity contribution in [1.29, 1.82) is 0 Å². The zero-order chi connectivity index (χ0) is 19.7. The number of hydrogen-bond acceptors (Lipinski definition) is 5. The molecule has 0 amide bonds. The molecule has 0 spiro atoms. The second-order valence-electron chi connectivity index (χ2n) is 6.02. The SMILES string of the molecule is COC1c2ccccc2SN1COc1cc(C(F)(F)F)nn1-c1ccccc1. The number of alkyl halides is 3. The highest BCUT2D eigenvalue weighted by molar-refractivity contribution is 7.97. The summed E-state index contributed by atoms with van der Waals surface area (Å²) in [6.45, 7) is 0.0215. The molecule has 3 aromatic rings. The Morgan fingerprint density at radius 1 is 1.07 bits per heavy atom. The number of rotatable bonds is 5. The zero-order valence-electron chi connectivity index (χ0n) is 14.8. The Labute approximate surface area is 163 Å². The highest BCUT2D eigenvalue weighted by Crippen LogP contribution is 2.44. The molecule has 0 bridgehead atoms. The molecule has 1 aliphatic heterocycles. The van der Waals surface area contributed by atoms with Crippen molar-refractivity contribution in [2.75, 3.05) is 13.8 Å². The van der Waals surface area contributed by atoms with Crippen LogP contribution < -0.4 is 4.74 Å². The summed E-state index contributed by atoms with van der Waals surface area (Å²) in [6, 6.07) is 17.2. The van der Waals surface area contributed by atoms with Crippen LogP contribution in [0.25, 0.3) is 5.69 Å². The Bertz CT molecular complexity index is 963. The van der Waals surface area contributed by atoms with Crippen molar-refractivity contribution in [2.45, 2.75) is 17.3 Å². The van der Waals surface area contributed by atoms with E-state index in [1.54, 1.807) is 37.4 Å². The second-order valence-corrected chi connectivity index (χ2v) is 7.11. The molecule has 1 unspecified atom stereocenters. The van der Waals surface area contributed by atoms with Crippen molar-refractivity contribution < 1.29 is 22.6 Å². The fourth-order valence-electron chi connectivity index (χ4n) is 2.92. The van der Waals surface area contributed by atoms with Gasteiger partial charge in [0, 0.05) is 23.6 Å². The second kappa shape index (κ2) is 7.50. The van der Waals surface area contributed by atoms with Gasteiger partial charge in [-0.15, -0.1) is 0 Å². The van der Waals surface area contributed by atoms with Crippen LogP contribution in [0, 0.1) is 0 Å². The maximum Gasteiger partial charge on any atom is 0.435 e. The lowest BCUT2D eigenvalue weighted by Gasteiger charge is -2.22. The summed E-state index contributed by atoms with van der Waals surface area (Å²) in [7, 11) is 1.58. The molecule has 2 heterocycles. The van der Waals surface area contributed by atoms with Crippen molar-refractivity contribution in [1.82, 2.24) is 14.1 Å². The predicted octanol–water partition coefficient (Wildman–Crippen LogP) is 4.90. The van der Waals surface area contributed by atoms with E-state index in [2.05, 4.69) is 5.10 Å². The Balaban J connectivity index is 1.59. The van der Waals surface area contributed by atoms with E-state index in [1.807, 2.05) is 28.6 Å². The normalized spacial score (nSPS) is 16.9. The molecule has 146 valence electrons. The smallest absolute Gasteiger partial charge is 0.435 e. The lowest BCUT2D eigenvalue weighted by atomic mass is 10.2. The van der Waals surface area contributed by atoms with E-state index in [9.17, 15) is 13.2 Å². The van der Waals surface area contributed by atoms with Gasteiger partial charge in [-0.25, -0.2) is 4.68 Å². The quantitative estimate of drug-likeness (QED) is 0.563. The molecule has 1 atom stereocenters. The monoisotopic (exact) mass is 407 g/mol. The van der Waals surface area contributed by atoms with Crippen molar-refractivity contribution in [2.24, 2.45) is 0 Å². The molecule has 4 rings (SSSR count). The van der Waals surface area contributed by atoms with Crippen LogP contribution in [0.1, 0.15) is 17.5 Å². The van der Waals surface area contributed by atoms with Gasteiger partial charge in [0.25, 0.3) is 0 Å². The minimum Gasteiger partial charge on any atom is -0.460 e. The molecule has 5 nitrogen and oxygen atoms in total. The molecule has 2 aromatic carbocycles. The third-order valence-corrected chi connectivity index (χ3v) is 5.29. The average molecular weight is 407 g/mol. The van der Waals surface area contributed by atoms with E-state index in [-0.39, 0.29) is 18.8 Å². The summed E-state index contributed by atoms with van der Waals surface area (Å²) < 4.78 is 53.8. The summed E-state index contributed by atoms with van der Waals surface area (Å²) in [5, 5.41) is 3.69. The molecule has 9 heteroatoms. The number of benzene rings is 2. The van der Waals surface area contributed by atoms with Crippen molar-refractivity contribution in [3.63, 3.8) is 0 Å². The molecular formula is C19H16F3N3O2S. The van der Waals surface area contributed by atoms with Crippen LogP contribution in [0.4, 0.5) is 13.2 Å². The first kappa shape index (κ1) is 18.9. The number of nitrogens with zero attached hydrogens (tertiary/aromatic N) is 3. The Morgan fingerprint density at radius 3 is 2.50 bits per heavy atom. The Hall–Kier alpha value is -2.49. The molecule has 1 aliphatic rings. The minimum atomic E-state index is -4.56. The summed E-state index contributed by atoms with van der Waals surface area (Å²) in [5.74, 6) is 0.00457. The van der Waals surface area contributed by atoms with Crippen LogP contribution in [0.5, 0.6) is 5.88 Å². The van der Waals surface area contributed by atoms with Gasteiger partial charge >= 0.3 is 6.18 Å². The molecule has 0 radical (unpaired) electrons. The fraction of sp³-hybridized carbons (Fsp3) is 0.211. The Morgan fingerprint density at radius 2 is 1.79 bits per heavy atom. The van der Waals surface area contributed by atoms with E-state index >= 15 is 0 Å². The summed E-state index contributed by atoms with van der Waals surface area (Å²) >= 11 is 1.43. The number of methoxy groups -OCH3 is 1. The predicted molar refractivity (Wildman–Crippen MR) is 97.9 cm³/mol. The van der Waals surface area contributed by atoms with Gasteiger partial charge in [0.2, 0.25) is 5.88 Å². The largest absolute Gasteiger partial charge is 0.460 e. The van der Waals surface area contributed by atoms with E-state index in [4.69, 9.17) is 9.47 Å². The first-order valence-electron chi connectivity index (χ1n) is 8.39. The maximum atomic E-state index is 13.2. The van der Waals surface area contributed by atoms with Crippen LogP contribution >= 0.6 is 11.9 Å². The minimum absolute atomic E-state index is 0.00457. The number of aromatic nitrogens is 2. The van der Waals surface area contributed by atoms with Gasteiger partial charge in [0.15, 0.2) is 12.4 Å². The molecule has 0 saturated heterocycles. The van der Waals surface area contributed by atoms with Gasteiger partial charge in [-0.2, -0.15) is 22.6 Å². The lowest BCUT2D eigenvalue weighted by Crippen LogP contribution is -2.24. The van der Waals surface area contributed by atoms with Crippen LogP contribution in [0.3, 0.4) is 0 Å². The van der Waals surface area contributed by atoms with Crippen LogP contribution in [0.15, 0.2) is 65.6 Å². The summed E-state index contributed by atoms with van der Waals surface area (Å²) in [4.78, 5) is 1.02. The number of para-hydroxylation sites is 1. The summed E-state index contributed by atoms with van der Waals surface area (Å²) in [6.07, 6.45) is -4.91. The van der Waals surface area contributed by atoms with E-state index in [0.717, 1.165) is 21.2 Å².